The van der Waals surface area contributed by atoms with Gasteiger partial charge in [0.1, 0.15) is 5.82 Å². The van der Waals surface area contributed by atoms with Gasteiger partial charge in [-0.1, -0.05) is 0 Å². The fourth-order valence-corrected chi connectivity index (χ4v) is 1.12. The van der Waals surface area contributed by atoms with Gasteiger partial charge in [-0.05, 0) is 15.9 Å². The number of rotatable bonds is 4. The lowest BCUT2D eigenvalue weighted by Gasteiger charge is -2.07. The Kier molecular flexibility index (Phi) is 3.99. The predicted molar refractivity (Wildman–Crippen MR) is 53.8 cm³/mol. The first-order valence-corrected chi connectivity index (χ1v) is 4.65. The van der Waals surface area contributed by atoms with Crippen molar-refractivity contribution in [3.63, 3.8) is 0 Å². The van der Waals surface area contributed by atoms with E-state index in [1.165, 1.54) is 6.20 Å². The van der Waals surface area contributed by atoms with Crippen molar-refractivity contribution in [2.75, 3.05) is 24.2 Å². The summed E-state index contributed by atoms with van der Waals surface area (Å²) in [5, 5.41) is 5.21. The molecule has 0 atom stereocenters. The van der Waals surface area contributed by atoms with E-state index in [2.05, 4.69) is 36.5 Å². The van der Waals surface area contributed by atoms with Crippen LogP contribution in [0, 0.1) is 0 Å². The van der Waals surface area contributed by atoms with Gasteiger partial charge in [0.25, 0.3) is 6.43 Å². The Labute approximate surface area is 88.3 Å². The van der Waals surface area contributed by atoms with Gasteiger partial charge in [0.05, 0.1) is 11.0 Å². The molecule has 0 aliphatic heterocycles. The van der Waals surface area contributed by atoms with Crippen molar-refractivity contribution in [2.45, 2.75) is 6.43 Å². The molecule has 0 saturated heterocycles. The Balaban J connectivity index is 2.73. The third-order valence-electron chi connectivity index (χ3n) is 1.39. The Morgan fingerprint density at radius 3 is 2.86 bits per heavy atom. The van der Waals surface area contributed by atoms with Crippen LogP contribution >= 0.6 is 15.9 Å². The zero-order valence-corrected chi connectivity index (χ0v) is 8.98. The number of aromatic nitrogens is 2. The molecule has 78 valence electrons. The minimum Gasteiger partial charge on any atom is -0.363 e. The monoisotopic (exact) mass is 266 g/mol. The standard InChI is InChI=1S/C7H9BrF2N4/c1-11-7-13-2-4(8)6(14-7)12-3-5(9)10/h2,5H,3H2,1H3,(H2,11,12,13,14). The van der Waals surface area contributed by atoms with E-state index in [-0.39, 0.29) is 0 Å². The van der Waals surface area contributed by atoms with Crippen molar-refractivity contribution < 1.29 is 8.78 Å². The average Bonchev–Trinajstić information content (AvgIpc) is 2.16. The molecule has 1 aromatic rings. The molecule has 1 rings (SSSR count). The summed E-state index contributed by atoms with van der Waals surface area (Å²) >= 11 is 3.15. The van der Waals surface area contributed by atoms with Gasteiger partial charge < -0.3 is 10.6 Å². The number of alkyl halides is 2. The molecule has 2 N–H and O–H groups in total. The van der Waals surface area contributed by atoms with Gasteiger partial charge in [-0.3, -0.25) is 0 Å². The zero-order chi connectivity index (χ0) is 10.6. The predicted octanol–water partition coefficient (Wildman–Crippen LogP) is 1.96. The number of hydrogen-bond acceptors (Lipinski definition) is 4. The van der Waals surface area contributed by atoms with Gasteiger partial charge in [0.15, 0.2) is 0 Å². The van der Waals surface area contributed by atoms with Gasteiger partial charge in [-0.25, -0.2) is 13.8 Å². The molecule has 0 fully saturated rings. The van der Waals surface area contributed by atoms with Crippen LogP contribution in [0.5, 0.6) is 0 Å². The summed E-state index contributed by atoms with van der Waals surface area (Å²) in [6.45, 7) is -0.432. The summed E-state index contributed by atoms with van der Waals surface area (Å²) in [5.41, 5.74) is 0. The van der Waals surface area contributed by atoms with Gasteiger partial charge >= 0.3 is 0 Å². The van der Waals surface area contributed by atoms with E-state index in [1.807, 2.05) is 0 Å². The molecule has 7 heteroatoms. The van der Waals surface area contributed by atoms with Crippen molar-refractivity contribution in [1.29, 1.82) is 0 Å². The van der Waals surface area contributed by atoms with Gasteiger partial charge in [-0.15, -0.1) is 0 Å². The third-order valence-corrected chi connectivity index (χ3v) is 1.97. The number of nitrogens with zero attached hydrogens (tertiary/aromatic N) is 2. The molecule has 0 aliphatic carbocycles. The normalized spacial score (nSPS) is 10.4. The smallest absolute Gasteiger partial charge is 0.255 e. The number of nitrogens with one attached hydrogen (secondary N) is 2. The Hall–Kier alpha value is -0.980. The second kappa shape index (κ2) is 5.04. The minimum absolute atomic E-state index is 0.352. The van der Waals surface area contributed by atoms with E-state index >= 15 is 0 Å². The minimum atomic E-state index is -2.41. The lowest BCUT2D eigenvalue weighted by atomic mass is 10.5. The van der Waals surface area contributed by atoms with Crippen LogP contribution in [-0.4, -0.2) is 30.0 Å². The molecule has 0 bridgehead atoms. The maximum absolute atomic E-state index is 11.9. The molecular weight excluding hydrogens is 258 g/mol. The first-order valence-electron chi connectivity index (χ1n) is 3.85. The van der Waals surface area contributed by atoms with Gasteiger partial charge in [0, 0.05) is 13.2 Å². The highest BCUT2D eigenvalue weighted by Gasteiger charge is 2.06. The lowest BCUT2D eigenvalue weighted by molar-refractivity contribution is 0.163. The summed E-state index contributed by atoms with van der Waals surface area (Å²) in [6.07, 6.45) is -0.915. The summed E-state index contributed by atoms with van der Waals surface area (Å²) in [7, 11) is 1.65. The summed E-state index contributed by atoms with van der Waals surface area (Å²) in [5.74, 6) is 0.731. The van der Waals surface area contributed by atoms with Crippen LogP contribution in [0.1, 0.15) is 0 Å². The van der Waals surface area contributed by atoms with E-state index in [0.29, 0.717) is 16.2 Å². The molecule has 1 heterocycles. The fourth-order valence-electron chi connectivity index (χ4n) is 0.785. The zero-order valence-electron chi connectivity index (χ0n) is 7.39. The maximum Gasteiger partial charge on any atom is 0.255 e. The topological polar surface area (TPSA) is 49.8 Å². The largest absolute Gasteiger partial charge is 0.363 e. The van der Waals surface area contributed by atoms with E-state index < -0.39 is 13.0 Å². The van der Waals surface area contributed by atoms with Crippen LogP contribution in [0.25, 0.3) is 0 Å². The number of hydrogen-bond donors (Lipinski definition) is 2. The Bertz CT molecular complexity index is 308. The third kappa shape index (κ3) is 3.06. The van der Waals surface area contributed by atoms with Crippen molar-refractivity contribution in [3.8, 4) is 0 Å². The Morgan fingerprint density at radius 2 is 2.29 bits per heavy atom. The maximum atomic E-state index is 11.9. The summed E-state index contributed by atoms with van der Waals surface area (Å²) in [4.78, 5) is 7.84. The van der Waals surface area contributed by atoms with Crippen LogP contribution in [0.2, 0.25) is 0 Å². The van der Waals surface area contributed by atoms with Crippen molar-refractivity contribution in [2.24, 2.45) is 0 Å². The summed E-state index contributed by atoms with van der Waals surface area (Å²) in [6, 6.07) is 0. The van der Waals surface area contributed by atoms with Crippen LogP contribution < -0.4 is 10.6 Å². The molecule has 1 aromatic heterocycles. The molecule has 0 amide bonds. The van der Waals surface area contributed by atoms with E-state index in [1.54, 1.807) is 7.05 Å². The average molecular weight is 267 g/mol. The van der Waals surface area contributed by atoms with E-state index in [9.17, 15) is 8.78 Å². The highest BCUT2D eigenvalue weighted by atomic mass is 79.9. The Morgan fingerprint density at radius 1 is 1.57 bits per heavy atom. The second-order valence-corrected chi connectivity index (χ2v) is 3.27. The van der Waals surface area contributed by atoms with Gasteiger partial charge in [0.2, 0.25) is 5.95 Å². The molecule has 0 aliphatic rings. The molecule has 4 nitrogen and oxygen atoms in total. The van der Waals surface area contributed by atoms with E-state index in [4.69, 9.17) is 0 Å². The van der Waals surface area contributed by atoms with Crippen LogP contribution in [0.15, 0.2) is 10.7 Å². The van der Waals surface area contributed by atoms with Crippen LogP contribution in [0.4, 0.5) is 20.5 Å². The first-order chi connectivity index (χ1) is 6.63. The lowest BCUT2D eigenvalue weighted by Crippen LogP contribution is -2.12. The van der Waals surface area contributed by atoms with Crippen molar-refractivity contribution in [3.05, 3.63) is 10.7 Å². The molecule has 0 radical (unpaired) electrons. The molecule has 0 unspecified atom stereocenters. The van der Waals surface area contributed by atoms with E-state index in [0.717, 1.165) is 0 Å². The van der Waals surface area contributed by atoms with Crippen molar-refractivity contribution in [1.82, 2.24) is 9.97 Å². The summed E-state index contributed by atoms with van der Waals surface area (Å²) < 4.78 is 24.3. The molecular formula is C7H9BrF2N4. The number of halogens is 3. The first kappa shape index (κ1) is 11.1. The van der Waals surface area contributed by atoms with Crippen LogP contribution in [-0.2, 0) is 0 Å². The quantitative estimate of drug-likeness (QED) is 0.875. The van der Waals surface area contributed by atoms with Crippen molar-refractivity contribution >= 4 is 27.7 Å². The SMILES string of the molecule is CNc1ncc(Br)c(NCC(F)F)n1. The molecule has 0 saturated carbocycles. The molecule has 0 aromatic carbocycles. The highest BCUT2D eigenvalue weighted by molar-refractivity contribution is 9.10. The van der Waals surface area contributed by atoms with Gasteiger partial charge in [-0.2, -0.15) is 4.98 Å². The second-order valence-electron chi connectivity index (χ2n) is 2.41. The highest BCUT2D eigenvalue weighted by Crippen LogP contribution is 2.19. The fraction of sp³-hybridized carbons (Fsp3) is 0.429. The molecule has 0 spiro atoms. The van der Waals surface area contributed by atoms with Crippen LogP contribution in [0.3, 0.4) is 0 Å². The molecule has 14 heavy (non-hydrogen) atoms. The number of anilines is 2.